The zero-order valence-electron chi connectivity index (χ0n) is 10.6. The van der Waals surface area contributed by atoms with Gasteiger partial charge in [0.25, 0.3) is 0 Å². The number of aliphatic hydroxyl groups is 1. The Hall–Kier alpha value is -0.980. The van der Waals surface area contributed by atoms with Crippen molar-refractivity contribution in [3.05, 3.63) is 29.6 Å². The molecule has 18 heavy (non-hydrogen) atoms. The zero-order chi connectivity index (χ0) is 13.9. The zero-order valence-corrected chi connectivity index (χ0v) is 11.5. The van der Waals surface area contributed by atoms with E-state index in [-0.39, 0.29) is 18.6 Å². The van der Waals surface area contributed by atoms with Crippen molar-refractivity contribution in [3.63, 3.8) is 0 Å². The average Bonchev–Trinajstić information content (AvgIpc) is 2.28. The Morgan fingerprint density at radius 1 is 1.33 bits per heavy atom. The van der Waals surface area contributed by atoms with Crippen LogP contribution in [-0.2, 0) is 16.6 Å². The third kappa shape index (κ3) is 3.51. The van der Waals surface area contributed by atoms with Crippen LogP contribution in [0.15, 0.2) is 23.1 Å². The highest BCUT2D eigenvalue weighted by Gasteiger charge is 2.22. The first-order valence-corrected chi connectivity index (χ1v) is 7.18. The summed E-state index contributed by atoms with van der Waals surface area (Å²) in [5.41, 5.74) is 0.356. The Morgan fingerprint density at radius 3 is 2.44 bits per heavy atom. The number of aliphatic hydroxyl groups excluding tert-OH is 1. The van der Waals surface area contributed by atoms with Gasteiger partial charge in [0.1, 0.15) is 10.7 Å². The maximum absolute atomic E-state index is 13.6. The summed E-state index contributed by atoms with van der Waals surface area (Å²) < 4.78 is 40.0. The fraction of sp³-hybridized carbons (Fsp3) is 0.500. The Balaban J connectivity index is 3.12. The standard InChI is InChI=1S/C12H18FNO3S/c1-8(2)9(3)14-18(16,17)12-6-10(7-15)4-5-11(12)13/h4-6,8-9,14-15H,7H2,1-3H3. The van der Waals surface area contributed by atoms with Crippen LogP contribution in [-0.4, -0.2) is 19.6 Å². The van der Waals surface area contributed by atoms with E-state index >= 15 is 0 Å². The molecule has 1 aromatic carbocycles. The van der Waals surface area contributed by atoms with E-state index in [9.17, 15) is 12.8 Å². The van der Waals surface area contributed by atoms with Crippen LogP contribution in [0, 0.1) is 11.7 Å². The van der Waals surface area contributed by atoms with E-state index in [1.165, 1.54) is 6.07 Å². The molecular formula is C12H18FNO3S. The molecule has 0 aromatic heterocycles. The average molecular weight is 275 g/mol. The molecule has 0 aliphatic rings. The molecule has 0 saturated heterocycles. The second-order valence-corrected chi connectivity index (χ2v) is 6.26. The lowest BCUT2D eigenvalue weighted by atomic mass is 10.1. The molecular weight excluding hydrogens is 257 g/mol. The second kappa shape index (κ2) is 5.77. The first-order chi connectivity index (χ1) is 8.27. The minimum absolute atomic E-state index is 0.101. The summed E-state index contributed by atoms with van der Waals surface area (Å²) in [4.78, 5) is -0.429. The van der Waals surface area contributed by atoms with Crippen molar-refractivity contribution in [2.75, 3.05) is 0 Å². The van der Waals surface area contributed by atoms with Gasteiger partial charge < -0.3 is 5.11 Å². The Kier molecular flexibility index (Phi) is 4.84. The van der Waals surface area contributed by atoms with Gasteiger partial charge in [0.15, 0.2) is 0 Å². The van der Waals surface area contributed by atoms with E-state index in [4.69, 9.17) is 5.11 Å². The van der Waals surface area contributed by atoms with Crippen LogP contribution in [0.4, 0.5) is 4.39 Å². The molecule has 102 valence electrons. The largest absolute Gasteiger partial charge is 0.392 e. The molecule has 0 bridgehead atoms. The fourth-order valence-corrected chi connectivity index (χ4v) is 2.82. The quantitative estimate of drug-likeness (QED) is 0.858. The molecule has 1 aromatic rings. The highest BCUT2D eigenvalue weighted by molar-refractivity contribution is 7.89. The van der Waals surface area contributed by atoms with Crippen LogP contribution >= 0.6 is 0 Å². The highest BCUT2D eigenvalue weighted by atomic mass is 32.2. The SMILES string of the molecule is CC(C)C(C)NS(=O)(=O)c1cc(CO)ccc1F. The molecule has 0 amide bonds. The Bertz CT molecular complexity index is 514. The number of hydrogen-bond acceptors (Lipinski definition) is 3. The third-order valence-electron chi connectivity index (χ3n) is 2.81. The van der Waals surface area contributed by atoms with E-state index < -0.39 is 20.7 Å². The molecule has 0 fully saturated rings. The van der Waals surface area contributed by atoms with Gasteiger partial charge >= 0.3 is 0 Å². The highest BCUT2D eigenvalue weighted by Crippen LogP contribution is 2.17. The van der Waals surface area contributed by atoms with Gasteiger partial charge in [0, 0.05) is 6.04 Å². The van der Waals surface area contributed by atoms with E-state index in [1.54, 1.807) is 6.92 Å². The van der Waals surface area contributed by atoms with Crippen molar-refractivity contribution in [2.24, 2.45) is 5.92 Å². The van der Waals surface area contributed by atoms with Crippen LogP contribution < -0.4 is 4.72 Å². The van der Waals surface area contributed by atoms with Gasteiger partial charge in [-0.3, -0.25) is 0 Å². The van der Waals surface area contributed by atoms with Crippen LogP contribution in [0.5, 0.6) is 0 Å². The molecule has 0 saturated carbocycles. The van der Waals surface area contributed by atoms with Gasteiger partial charge in [-0.25, -0.2) is 17.5 Å². The second-order valence-electron chi connectivity index (χ2n) is 4.58. The minimum Gasteiger partial charge on any atom is -0.392 e. The van der Waals surface area contributed by atoms with Crippen molar-refractivity contribution < 1.29 is 17.9 Å². The molecule has 2 N–H and O–H groups in total. The molecule has 0 aliphatic carbocycles. The summed E-state index contributed by atoms with van der Waals surface area (Å²) in [6.45, 7) is 5.12. The van der Waals surface area contributed by atoms with Gasteiger partial charge in [-0.15, -0.1) is 0 Å². The van der Waals surface area contributed by atoms with Crippen molar-refractivity contribution in [2.45, 2.75) is 38.3 Å². The smallest absolute Gasteiger partial charge is 0.243 e. The Morgan fingerprint density at radius 2 is 1.94 bits per heavy atom. The fourth-order valence-electron chi connectivity index (χ4n) is 1.30. The first-order valence-electron chi connectivity index (χ1n) is 5.69. The van der Waals surface area contributed by atoms with E-state index in [0.717, 1.165) is 12.1 Å². The maximum Gasteiger partial charge on any atom is 0.243 e. The van der Waals surface area contributed by atoms with Crippen molar-refractivity contribution in [3.8, 4) is 0 Å². The lowest BCUT2D eigenvalue weighted by Crippen LogP contribution is -2.36. The summed E-state index contributed by atoms with van der Waals surface area (Å²) in [7, 11) is -3.90. The van der Waals surface area contributed by atoms with Crippen LogP contribution in [0.1, 0.15) is 26.3 Å². The van der Waals surface area contributed by atoms with Crippen molar-refractivity contribution in [1.29, 1.82) is 0 Å². The summed E-state index contributed by atoms with van der Waals surface area (Å²) in [5.74, 6) is -0.723. The molecule has 1 rings (SSSR count). The van der Waals surface area contributed by atoms with E-state index in [0.29, 0.717) is 5.56 Å². The van der Waals surface area contributed by atoms with Crippen molar-refractivity contribution >= 4 is 10.0 Å². The molecule has 4 nitrogen and oxygen atoms in total. The lowest BCUT2D eigenvalue weighted by Gasteiger charge is -2.18. The molecule has 0 heterocycles. The summed E-state index contributed by atoms with van der Waals surface area (Å²) in [6, 6.07) is 3.23. The number of hydrogen-bond donors (Lipinski definition) is 2. The van der Waals surface area contributed by atoms with Crippen LogP contribution in [0.25, 0.3) is 0 Å². The van der Waals surface area contributed by atoms with Gasteiger partial charge in [-0.05, 0) is 30.5 Å². The monoisotopic (exact) mass is 275 g/mol. The molecule has 0 spiro atoms. The maximum atomic E-state index is 13.6. The van der Waals surface area contributed by atoms with Crippen molar-refractivity contribution in [1.82, 2.24) is 4.72 Å². The van der Waals surface area contributed by atoms with Crippen LogP contribution in [0.3, 0.4) is 0 Å². The molecule has 1 unspecified atom stereocenters. The number of nitrogens with one attached hydrogen (secondary N) is 1. The number of halogens is 1. The summed E-state index contributed by atoms with van der Waals surface area (Å²) in [6.07, 6.45) is 0. The minimum atomic E-state index is -3.90. The lowest BCUT2D eigenvalue weighted by molar-refractivity contribution is 0.281. The number of rotatable bonds is 5. The summed E-state index contributed by atoms with van der Waals surface area (Å²) in [5, 5.41) is 8.95. The predicted octanol–water partition coefficient (Wildman–Crippen LogP) is 1.64. The van der Waals surface area contributed by atoms with Gasteiger partial charge in [0.05, 0.1) is 6.61 Å². The van der Waals surface area contributed by atoms with E-state index in [2.05, 4.69) is 4.72 Å². The molecule has 0 aliphatic heterocycles. The van der Waals surface area contributed by atoms with Gasteiger partial charge in [0.2, 0.25) is 10.0 Å². The normalized spacial score (nSPS) is 13.9. The number of benzene rings is 1. The predicted molar refractivity (Wildman–Crippen MR) is 66.9 cm³/mol. The van der Waals surface area contributed by atoms with E-state index in [1.807, 2.05) is 13.8 Å². The van der Waals surface area contributed by atoms with Gasteiger partial charge in [-0.1, -0.05) is 19.9 Å². The van der Waals surface area contributed by atoms with Crippen LogP contribution in [0.2, 0.25) is 0 Å². The summed E-state index contributed by atoms with van der Waals surface area (Å²) >= 11 is 0. The molecule has 1 atom stereocenters. The van der Waals surface area contributed by atoms with Gasteiger partial charge in [-0.2, -0.15) is 0 Å². The Labute approximate surface area is 107 Å². The topological polar surface area (TPSA) is 66.4 Å². The molecule has 6 heteroatoms. The molecule has 0 radical (unpaired) electrons. The first kappa shape index (κ1) is 15.1. The third-order valence-corrected chi connectivity index (χ3v) is 4.38. The number of sulfonamides is 1.